The van der Waals surface area contributed by atoms with Gasteiger partial charge in [-0.2, -0.15) is 0 Å². The van der Waals surface area contributed by atoms with E-state index in [2.05, 4.69) is 5.32 Å². The molecule has 3 aromatic carbocycles. The van der Waals surface area contributed by atoms with Crippen molar-refractivity contribution >= 4 is 32.3 Å². The van der Waals surface area contributed by atoms with E-state index in [4.69, 9.17) is 4.98 Å². The van der Waals surface area contributed by atoms with Crippen LogP contribution in [0.3, 0.4) is 0 Å². The van der Waals surface area contributed by atoms with Gasteiger partial charge in [-0.15, -0.1) is 0 Å². The van der Waals surface area contributed by atoms with Crippen LogP contribution in [0.1, 0.15) is 23.7 Å². The molecule has 7 heteroatoms. The number of nitrogens with one attached hydrogen (secondary N) is 1. The van der Waals surface area contributed by atoms with Gasteiger partial charge in [0.05, 0.1) is 11.2 Å². The van der Waals surface area contributed by atoms with Gasteiger partial charge in [-0.05, 0) is 48.3 Å². The standard InChI is InChI=1S/C26H22N2O3S.Na/c1-17-15-22(18-9-5-3-6-10-18)20-13-14-21-23(19-11-7-4-8-12-19)16-26(2,32(29,30)31)28-25(21)24(20)27-17;/h3-16,28H,1-2H3,(H,29,30,31);/q;+1/p-1. The molecule has 0 amide bonds. The van der Waals surface area contributed by atoms with E-state index in [9.17, 15) is 13.0 Å². The molecule has 5 nitrogen and oxygen atoms in total. The molecule has 0 spiro atoms. The number of fused-ring (bicyclic) bond motifs is 3. The van der Waals surface area contributed by atoms with Crippen molar-refractivity contribution in [3.63, 3.8) is 0 Å². The van der Waals surface area contributed by atoms with Crippen molar-refractivity contribution in [1.29, 1.82) is 0 Å². The number of hydrogen-bond acceptors (Lipinski definition) is 5. The summed E-state index contributed by atoms with van der Waals surface area (Å²) in [6.45, 7) is 3.31. The molecular weight excluding hydrogens is 443 g/mol. The van der Waals surface area contributed by atoms with Gasteiger partial charge in [0.2, 0.25) is 0 Å². The van der Waals surface area contributed by atoms with Crippen molar-refractivity contribution in [1.82, 2.24) is 4.98 Å². The molecule has 1 atom stereocenters. The second-order valence-corrected chi connectivity index (χ2v) is 9.93. The Kier molecular flexibility index (Phi) is 6.24. The Morgan fingerprint density at radius 3 is 2.09 bits per heavy atom. The molecule has 0 radical (unpaired) electrons. The van der Waals surface area contributed by atoms with Crippen LogP contribution in [0, 0.1) is 6.92 Å². The third-order valence-corrected chi connectivity index (χ3v) is 7.14. The number of hydrogen-bond donors (Lipinski definition) is 1. The molecule has 2 heterocycles. The number of aromatic nitrogens is 1. The Morgan fingerprint density at radius 2 is 1.48 bits per heavy atom. The van der Waals surface area contributed by atoms with Gasteiger partial charge < -0.3 is 9.87 Å². The van der Waals surface area contributed by atoms with Gasteiger partial charge in [0.15, 0.2) is 0 Å². The van der Waals surface area contributed by atoms with Crippen LogP contribution in [0.25, 0.3) is 27.6 Å². The molecule has 1 aliphatic heterocycles. The number of aryl methyl sites for hydroxylation is 1. The van der Waals surface area contributed by atoms with Gasteiger partial charge in [-0.1, -0.05) is 72.8 Å². The van der Waals surface area contributed by atoms with E-state index in [0.717, 1.165) is 33.3 Å². The largest absolute Gasteiger partial charge is 1.00 e. The number of rotatable bonds is 3. The third kappa shape index (κ3) is 4.14. The van der Waals surface area contributed by atoms with Crippen molar-refractivity contribution < 1.29 is 42.5 Å². The Labute approximate surface area is 215 Å². The van der Waals surface area contributed by atoms with Crippen LogP contribution < -0.4 is 34.9 Å². The topological polar surface area (TPSA) is 82.1 Å². The molecule has 1 unspecified atom stereocenters. The van der Waals surface area contributed by atoms with E-state index in [1.165, 1.54) is 13.0 Å². The molecule has 160 valence electrons. The molecule has 1 N–H and O–H groups in total. The first-order valence-electron chi connectivity index (χ1n) is 10.3. The maximum Gasteiger partial charge on any atom is 1.00 e. The van der Waals surface area contributed by atoms with Gasteiger partial charge in [0, 0.05) is 16.6 Å². The minimum absolute atomic E-state index is 0. The molecule has 0 fully saturated rings. The van der Waals surface area contributed by atoms with E-state index in [1.54, 1.807) is 0 Å². The predicted octanol–water partition coefficient (Wildman–Crippen LogP) is 2.33. The van der Waals surface area contributed by atoms with E-state index >= 15 is 0 Å². The van der Waals surface area contributed by atoms with Crippen LogP contribution in [0.15, 0.2) is 84.9 Å². The van der Waals surface area contributed by atoms with Gasteiger partial charge in [0.25, 0.3) is 0 Å². The molecular formula is C26H21N2NaO3S. The average Bonchev–Trinajstić information content (AvgIpc) is 2.78. The number of benzene rings is 3. The predicted molar refractivity (Wildman–Crippen MR) is 127 cm³/mol. The fraction of sp³-hybridized carbons (Fsp3) is 0.115. The summed E-state index contributed by atoms with van der Waals surface area (Å²) >= 11 is 0. The molecule has 1 aliphatic rings. The molecule has 0 saturated heterocycles. The molecule has 0 saturated carbocycles. The SMILES string of the molecule is Cc1cc(-c2ccccc2)c2ccc3c(c2n1)NC(C)(S(=O)(=O)[O-])C=C3c1ccccc1.[Na+]. The minimum atomic E-state index is -4.72. The zero-order valence-corrected chi connectivity index (χ0v) is 21.5. The smallest absolute Gasteiger partial charge is 0.746 e. The quantitative estimate of drug-likeness (QED) is 0.372. The normalized spacial score (nSPS) is 17.5. The summed E-state index contributed by atoms with van der Waals surface area (Å²) < 4.78 is 36.9. The van der Waals surface area contributed by atoms with Gasteiger partial charge in [-0.3, -0.25) is 4.98 Å². The first-order chi connectivity index (χ1) is 15.3. The van der Waals surface area contributed by atoms with Crippen LogP contribution in [-0.4, -0.2) is 22.8 Å². The van der Waals surface area contributed by atoms with Crippen molar-refractivity contribution in [3.05, 3.63) is 102 Å². The van der Waals surface area contributed by atoms with Crippen molar-refractivity contribution in [2.45, 2.75) is 18.7 Å². The zero-order chi connectivity index (χ0) is 22.5. The maximum absolute atomic E-state index is 12.3. The average molecular weight is 465 g/mol. The number of pyridine rings is 1. The Balaban J connectivity index is 0.00000259. The minimum Gasteiger partial charge on any atom is -0.746 e. The summed E-state index contributed by atoms with van der Waals surface area (Å²) in [7, 11) is -4.72. The van der Waals surface area contributed by atoms with Crippen LogP contribution in [0.4, 0.5) is 5.69 Å². The molecule has 5 rings (SSSR count). The number of anilines is 1. The van der Waals surface area contributed by atoms with Crippen LogP contribution in [-0.2, 0) is 10.1 Å². The number of nitrogens with zero attached hydrogens (tertiary/aromatic N) is 1. The molecule has 1 aromatic heterocycles. The van der Waals surface area contributed by atoms with Crippen molar-refractivity contribution in [3.8, 4) is 11.1 Å². The second-order valence-electron chi connectivity index (χ2n) is 8.17. The summed E-state index contributed by atoms with van der Waals surface area (Å²) in [5.74, 6) is 0. The Morgan fingerprint density at radius 1 is 0.879 bits per heavy atom. The monoisotopic (exact) mass is 464 g/mol. The van der Waals surface area contributed by atoms with Crippen LogP contribution >= 0.6 is 0 Å². The van der Waals surface area contributed by atoms with Gasteiger partial charge >= 0.3 is 29.6 Å². The fourth-order valence-corrected chi connectivity index (χ4v) is 4.75. The first-order valence-corrected chi connectivity index (χ1v) is 11.7. The summed E-state index contributed by atoms with van der Waals surface area (Å²) in [6.07, 6.45) is 1.51. The van der Waals surface area contributed by atoms with E-state index in [0.29, 0.717) is 16.8 Å². The van der Waals surface area contributed by atoms with Crippen molar-refractivity contribution in [2.24, 2.45) is 0 Å². The van der Waals surface area contributed by atoms with E-state index in [-0.39, 0.29) is 29.6 Å². The van der Waals surface area contributed by atoms with Crippen LogP contribution in [0.5, 0.6) is 0 Å². The summed E-state index contributed by atoms with van der Waals surface area (Å²) in [6, 6.07) is 25.4. The van der Waals surface area contributed by atoms with E-state index < -0.39 is 15.0 Å². The molecule has 33 heavy (non-hydrogen) atoms. The molecule has 4 aromatic rings. The summed E-state index contributed by atoms with van der Waals surface area (Å²) in [4.78, 5) is 2.96. The summed E-state index contributed by atoms with van der Waals surface area (Å²) in [5.41, 5.74) is 6.35. The third-order valence-electron chi connectivity index (χ3n) is 5.88. The first kappa shape index (κ1) is 23.7. The maximum atomic E-state index is 12.3. The second kappa shape index (κ2) is 8.70. The Bertz CT molecular complexity index is 1490. The summed E-state index contributed by atoms with van der Waals surface area (Å²) in [5, 5.41) is 3.91. The molecule has 0 bridgehead atoms. The molecule has 0 aliphatic carbocycles. The van der Waals surface area contributed by atoms with Crippen molar-refractivity contribution in [2.75, 3.05) is 5.32 Å². The van der Waals surface area contributed by atoms with Gasteiger partial charge in [0.1, 0.15) is 15.0 Å². The van der Waals surface area contributed by atoms with E-state index in [1.807, 2.05) is 85.8 Å². The van der Waals surface area contributed by atoms with Crippen LogP contribution in [0.2, 0.25) is 0 Å². The fourth-order valence-electron chi connectivity index (χ4n) is 4.26. The van der Waals surface area contributed by atoms with Gasteiger partial charge in [-0.25, -0.2) is 8.42 Å². The zero-order valence-electron chi connectivity index (χ0n) is 18.7. The Hall–Kier alpha value is -2.48.